The van der Waals surface area contributed by atoms with Gasteiger partial charge in [-0.15, -0.1) is 0 Å². The highest BCUT2D eigenvalue weighted by Gasteiger charge is 2.39. The smallest absolute Gasteiger partial charge is 0.317 e. The second-order valence-corrected chi connectivity index (χ2v) is 6.74. The molecule has 2 aromatic heterocycles. The summed E-state index contributed by atoms with van der Waals surface area (Å²) in [6, 6.07) is 4.00. The summed E-state index contributed by atoms with van der Waals surface area (Å²) in [5.41, 5.74) is 3.11. The van der Waals surface area contributed by atoms with Crippen LogP contribution in [-0.4, -0.2) is 18.4 Å². The topological polar surface area (TPSA) is 43.4 Å². The van der Waals surface area contributed by atoms with E-state index in [2.05, 4.69) is 0 Å². The summed E-state index contributed by atoms with van der Waals surface area (Å²) in [5.74, 6) is -1.43. The van der Waals surface area contributed by atoms with Gasteiger partial charge in [-0.05, 0) is 69.8 Å². The largest absolute Gasteiger partial charge is 0.465 e. The number of allylic oxidation sites excluding steroid dienone is 2. The van der Waals surface area contributed by atoms with Crippen molar-refractivity contribution >= 4 is 40.0 Å². The molecule has 1 aliphatic carbocycles. The van der Waals surface area contributed by atoms with E-state index in [1.807, 2.05) is 33.7 Å². The van der Waals surface area contributed by atoms with Gasteiger partial charge in [0.05, 0.1) is 6.61 Å². The van der Waals surface area contributed by atoms with E-state index < -0.39 is 11.9 Å². The van der Waals surface area contributed by atoms with Gasteiger partial charge in [-0.2, -0.15) is 22.7 Å². The molecule has 0 aliphatic heterocycles. The lowest BCUT2D eigenvalue weighted by molar-refractivity contribution is -0.151. The molecule has 0 N–H and O–H groups in total. The van der Waals surface area contributed by atoms with Crippen LogP contribution in [0.2, 0.25) is 0 Å². The molecule has 3 nitrogen and oxygen atoms in total. The van der Waals surface area contributed by atoms with Crippen LogP contribution in [0.15, 0.2) is 39.7 Å². The van der Waals surface area contributed by atoms with Crippen molar-refractivity contribution in [3.63, 3.8) is 0 Å². The van der Waals surface area contributed by atoms with Crippen molar-refractivity contribution in [1.82, 2.24) is 0 Å². The van der Waals surface area contributed by atoms with Crippen LogP contribution in [0, 0.1) is 5.92 Å². The molecule has 0 radical (unpaired) electrons. The summed E-state index contributed by atoms with van der Waals surface area (Å²) in [6.45, 7) is 2.05. The number of ketones is 1. The summed E-state index contributed by atoms with van der Waals surface area (Å²) in [7, 11) is 0. The van der Waals surface area contributed by atoms with Crippen molar-refractivity contribution < 1.29 is 14.3 Å². The van der Waals surface area contributed by atoms with E-state index >= 15 is 0 Å². The van der Waals surface area contributed by atoms with E-state index in [4.69, 9.17) is 4.74 Å². The molecule has 0 saturated carbocycles. The number of carbonyl (C=O) groups is 2. The fraction of sp³-hybridized carbons (Fsp3) is 0.294. The van der Waals surface area contributed by atoms with E-state index in [9.17, 15) is 9.59 Å². The average Bonchev–Trinajstić information content (AvgIpc) is 3.20. The maximum absolute atomic E-state index is 12.6. The Morgan fingerprint density at radius 2 is 2.05 bits per heavy atom. The fourth-order valence-corrected chi connectivity index (χ4v) is 4.24. The van der Waals surface area contributed by atoms with Gasteiger partial charge in [0.1, 0.15) is 5.92 Å². The number of ether oxygens (including phenoxy) is 1. The van der Waals surface area contributed by atoms with Gasteiger partial charge in [0.15, 0.2) is 5.78 Å². The monoisotopic (exact) mass is 332 g/mol. The molecule has 0 saturated heterocycles. The molecule has 3 rings (SSSR count). The Balaban J connectivity index is 1.98. The summed E-state index contributed by atoms with van der Waals surface area (Å²) in [6.07, 6.45) is 2.30. The number of esters is 1. The molecule has 0 fully saturated rings. The van der Waals surface area contributed by atoms with Crippen molar-refractivity contribution in [2.45, 2.75) is 19.3 Å². The summed E-state index contributed by atoms with van der Waals surface area (Å²) in [5, 5.41) is 8.03. The van der Waals surface area contributed by atoms with Gasteiger partial charge in [-0.1, -0.05) is 0 Å². The van der Waals surface area contributed by atoms with Gasteiger partial charge in [0, 0.05) is 5.92 Å². The van der Waals surface area contributed by atoms with Crippen LogP contribution < -0.4 is 0 Å². The normalized spacial score (nSPS) is 21.5. The molecule has 0 spiro atoms. The van der Waals surface area contributed by atoms with Gasteiger partial charge < -0.3 is 4.74 Å². The molecular weight excluding hydrogens is 316 g/mol. The van der Waals surface area contributed by atoms with E-state index in [1.165, 1.54) is 0 Å². The highest BCUT2D eigenvalue weighted by Crippen LogP contribution is 2.41. The van der Waals surface area contributed by atoms with E-state index in [0.29, 0.717) is 13.0 Å². The zero-order valence-electron chi connectivity index (χ0n) is 12.2. The van der Waals surface area contributed by atoms with Crippen LogP contribution in [0.5, 0.6) is 0 Å². The lowest BCUT2D eigenvalue weighted by atomic mass is 9.74. The molecule has 5 heteroatoms. The molecule has 0 aromatic carbocycles. The van der Waals surface area contributed by atoms with Crippen molar-refractivity contribution in [2.75, 3.05) is 6.61 Å². The minimum Gasteiger partial charge on any atom is -0.465 e. The molecule has 0 bridgehead atoms. The number of hydrogen-bond acceptors (Lipinski definition) is 5. The Morgan fingerprint density at radius 3 is 2.68 bits per heavy atom. The maximum atomic E-state index is 12.6. The lowest BCUT2D eigenvalue weighted by Crippen LogP contribution is -2.33. The zero-order chi connectivity index (χ0) is 15.5. The fourth-order valence-electron chi connectivity index (χ4n) is 2.83. The molecular formula is C17H16O3S2. The molecule has 0 unspecified atom stereocenters. The third kappa shape index (κ3) is 2.91. The minimum absolute atomic E-state index is 0.141. The molecule has 2 atom stereocenters. The molecule has 22 heavy (non-hydrogen) atoms. The molecule has 0 amide bonds. The lowest BCUT2D eigenvalue weighted by Gasteiger charge is -2.28. The molecule has 2 aromatic rings. The standard InChI is InChI=1S/C17H16O3S2/c1-2-20-17(19)16-14(12-4-6-22-10-12)7-13(8-15(16)18)11-3-5-21-9-11/h3-6,8-10,14,16H,2,7H2,1H3/t14-,16-/m0/s1. The van der Waals surface area contributed by atoms with Crippen molar-refractivity contribution in [2.24, 2.45) is 5.92 Å². The predicted molar refractivity (Wildman–Crippen MR) is 89.1 cm³/mol. The van der Waals surface area contributed by atoms with E-state index in [-0.39, 0.29) is 11.7 Å². The summed E-state index contributed by atoms with van der Waals surface area (Å²) >= 11 is 3.19. The second kappa shape index (κ2) is 6.58. The first-order valence-electron chi connectivity index (χ1n) is 7.16. The van der Waals surface area contributed by atoms with Crippen LogP contribution in [0.3, 0.4) is 0 Å². The number of thiophene rings is 2. The Morgan fingerprint density at radius 1 is 1.27 bits per heavy atom. The summed E-state index contributed by atoms with van der Waals surface area (Å²) in [4.78, 5) is 24.8. The van der Waals surface area contributed by atoms with Crippen LogP contribution in [0.25, 0.3) is 5.57 Å². The van der Waals surface area contributed by atoms with Crippen molar-refractivity contribution in [1.29, 1.82) is 0 Å². The van der Waals surface area contributed by atoms with Crippen LogP contribution in [0.1, 0.15) is 30.4 Å². The average molecular weight is 332 g/mol. The first-order chi connectivity index (χ1) is 10.7. The third-order valence-electron chi connectivity index (χ3n) is 3.87. The minimum atomic E-state index is -0.725. The van der Waals surface area contributed by atoms with Crippen LogP contribution >= 0.6 is 22.7 Å². The van der Waals surface area contributed by atoms with E-state index in [1.54, 1.807) is 35.7 Å². The highest BCUT2D eigenvalue weighted by atomic mass is 32.1. The Hall–Kier alpha value is -1.72. The summed E-state index contributed by atoms with van der Waals surface area (Å²) < 4.78 is 5.12. The van der Waals surface area contributed by atoms with Gasteiger partial charge in [-0.3, -0.25) is 9.59 Å². The van der Waals surface area contributed by atoms with Crippen LogP contribution in [0.4, 0.5) is 0 Å². The molecule has 114 valence electrons. The van der Waals surface area contributed by atoms with Gasteiger partial charge in [0.25, 0.3) is 0 Å². The highest BCUT2D eigenvalue weighted by molar-refractivity contribution is 7.08. The Bertz CT molecular complexity index is 684. The van der Waals surface area contributed by atoms with E-state index in [0.717, 1.165) is 16.7 Å². The Labute approximate surface area is 137 Å². The van der Waals surface area contributed by atoms with Crippen molar-refractivity contribution in [3.05, 3.63) is 50.9 Å². The first-order valence-corrected chi connectivity index (χ1v) is 9.05. The van der Waals surface area contributed by atoms with Gasteiger partial charge >= 0.3 is 5.97 Å². The maximum Gasteiger partial charge on any atom is 0.317 e. The molecule has 1 aliphatic rings. The first kappa shape index (κ1) is 15.2. The zero-order valence-corrected chi connectivity index (χ0v) is 13.8. The second-order valence-electron chi connectivity index (χ2n) is 5.18. The quantitative estimate of drug-likeness (QED) is 0.624. The third-order valence-corrected chi connectivity index (χ3v) is 5.25. The SMILES string of the molecule is CCOC(=O)[C@@H]1C(=O)C=C(c2ccsc2)C[C@H]1c1ccsc1. The predicted octanol–water partition coefficient (Wildman–Crippen LogP) is 4.13. The molecule has 2 heterocycles. The Kier molecular flexibility index (Phi) is 4.55. The number of hydrogen-bond donors (Lipinski definition) is 0. The van der Waals surface area contributed by atoms with Gasteiger partial charge in [0.2, 0.25) is 0 Å². The number of rotatable bonds is 4. The van der Waals surface area contributed by atoms with Gasteiger partial charge in [-0.25, -0.2) is 0 Å². The van der Waals surface area contributed by atoms with Crippen LogP contribution in [-0.2, 0) is 14.3 Å². The number of carbonyl (C=O) groups excluding carboxylic acids is 2. The van der Waals surface area contributed by atoms with Crippen molar-refractivity contribution in [3.8, 4) is 0 Å².